The highest BCUT2D eigenvalue weighted by molar-refractivity contribution is 6.04. The Balaban J connectivity index is 2.32. The normalized spacial score (nSPS) is 10.3. The molecule has 0 aliphatic rings. The van der Waals surface area contributed by atoms with Crippen LogP contribution in [-0.2, 0) is 7.05 Å². The van der Waals surface area contributed by atoms with Gasteiger partial charge < -0.3 is 0 Å². The minimum atomic E-state index is -0.501. The molecule has 0 unspecified atom stereocenters. The highest BCUT2D eigenvalue weighted by Gasteiger charge is 2.15. The third-order valence-electron chi connectivity index (χ3n) is 1.67. The van der Waals surface area contributed by atoms with Gasteiger partial charge in [0.2, 0.25) is 5.82 Å². The number of aromatic nitrogens is 5. The maximum absolute atomic E-state index is 12.5. The Morgan fingerprint density at radius 2 is 2.27 bits per heavy atom. The molecule has 76 valence electrons. The predicted molar refractivity (Wildman–Crippen MR) is 46.4 cm³/mol. The number of pyridine rings is 1. The molecule has 0 aliphatic heterocycles. The molecule has 0 aliphatic carbocycles. The molecule has 0 atom stereocenters. The third kappa shape index (κ3) is 1.85. The molecule has 6 nitrogen and oxygen atoms in total. The van der Waals surface area contributed by atoms with Crippen LogP contribution in [0.4, 0.5) is 4.39 Å². The third-order valence-corrected chi connectivity index (χ3v) is 1.67. The molecule has 2 aromatic heterocycles. The van der Waals surface area contributed by atoms with Gasteiger partial charge >= 0.3 is 0 Å². The Hall–Kier alpha value is -2.18. The van der Waals surface area contributed by atoms with E-state index in [2.05, 4.69) is 20.4 Å². The van der Waals surface area contributed by atoms with Gasteiger partial charge in [0.1, 0.15) is 11.5 Å². The summed E-state index contributed by atoms with van der Waals surface area (Å²) < 4.78 is 12.5. The van der Waals surface area contributed by atoms with Crippen LogP contribution in [-0.4, -0.2) is 31.0 Å². The highest BCUT2D eigenvalue weighted by atomic mass is 19.1. The van der Waals surface area contributed by atoms with Gasteiger partial charge in [-0.1, -0.05) is 0 Å². The van der Waals surface area contributed by atoms with E-state index in [9.17, 15) is 9.18 Å². The first kappa shape index (κ1) is 9.38. The van der Waals surface area contributed by atoms with Crippen molar-refractivity contribution in [2.75, 3.05) is 0 Å². The summed E-state index contributed by atoms with van der Waals surface area (Å²) in [6.45, 7) is 0. The fraction of sp³-hybridized carbons (Fsp3) is 0.125. The molecule has 0 saturated heterocycles. The highest BCUT2D eigenvalue weighted by Crippen LogP contribution is 2.02. The number of carbonyl (C=O) groups excluding carboxylic acids is 1. The minimum Gasteiger partial charge on any atom is -0.283 e. The summed E-state index contributed by atoms with van der Waals surface area (Å²) in [6, 6.07) is 2.42. The lowest BCUT2D eigenvalue weighted by atomic mass is 10.2. The summed E-state index contributed by atoms with van der Waals surface area (Å²) in [5.74, 6) is -1.04. The monoisotopic (exact) mass is 207 g/mol. The first-order valence-electron chi connectivity index (χ1n) is 4.07. The van der Waals surface area contributed by atoms with Crippen LogP contribution < -0.4 is 0 Å². The summed E-state index contributed by atoms with van der Waals surface area (Å²) in [5.41, 5.74) is 0.0874. The fourth-order valence-electron chi connectivity index (χ4n) is 1.000. The molecule has 0 N–H and O–H groups in total. The summed E-state index contributed by atoms with van der Waals surface area (Å²) in [6.07, 6.45) is 0.962. The van der Waals surface area contributed by atoms with Crippen molar-refractivity contribution in [1.82, 2.24) is 25.2 Å². The summed E-state index contributed by atoms with van der Waals surface area (Å²) in [5, 5.41) is 10.8. The molecule has 2 rings (SSSR count). The van der Waals surface area contributed by atoms with E-state index in [4.69, 9.17) is 0 Å². The largest absolute Gasteiger partial charge is 0.283 e. The molecular weight excluding hydrogens is 201 g/mol. The van der Waals surface area contributed by atoms with Gasteiger partial charge in [0.05, 0.1) is 13.2 Å². The molecule has 7 heteroatoms. The number of hydrogen-bond donors (Lipinski definition) is 0. The maximum atomic E-state index is 12.5. The summed E-state index contributed by atoms with van der Waals surface area (Å²) >= 11 is 0. The van der Waals surface area contributed by atoms with Gasteiger partial charge in [-0.05, 0) is 17.3 Å². The van der Waals surface area contributed by atoms with Gasteiger partial charge in [0.25, 0.3) is 5.78 Å². The lowest BCUT2D eigenvalue weighted by molar-refractivity contribution is 0.102. The Kier molecular flexibility index (Phi) is 2.20. The SMILES string of the molecule is Cn1nnc(C(=O)c2ccc(F)cn2)n1. The maximum Gasteiger partial charge on any atom is 0.252 e. The standard InChI is InChI=1S/C8H6FN5O/c1-14-12-8(11-13-14)7(15)6-3-2-5(9)4-10-6/h2-4H,1H3. The van der Waals surface area contributed by atoms with Crippen molar-refractivity contribution in [3.63, 3.8) is 0 Å². The van der Waals surface area contributed by atoms with Crippen molar-refractivity contribution in [3.05, 3.63) is 35.7 Å². The van der Waals surface area contributed by atoms with Crippen LogP contribution in [0.2, 0.25) is 0 Å². The zero-order valence-electron chi connectivity index (χ0n) is 7.75. The summed E-state index contributed by atoms with van der Waals surface area (Å²) in [7, 11) is 1.54. The van der Waals surface area contributed by atoms with Crippen LogP contribution in [0.3, 0.4) is 0 Å². The van der Waals surface area contributed by atoms with Crippen LogP contribution in [0.15, 0.2) is 18.3 Å². The number of carbonyl (C=O) groups is 1. The number of hydrogen-bond acceptors (Lipinski definition) is 5. The van der Waals surface area contributed by atoms with Crippen LogP contribution >= 0.6 is 0 Å². The van der Waals surface area contributed by atoms with Crippen molar-refractivity contribution in [1.29, 1.82) is 0 Å². The minimum absolute atomic E-state index is 0.0587. The quantitative estimate of drug-likeness (QED) is 0.647. The number of halogens is 1. The lowest BCUT2D eigenvalue weighted by Crippen LogP contribution is -2.07. The van der Waals surface area contributed by atoms with Gasteiger partial charge in [0.15, 0.2) is 0 Å². The Morgan fingerprint density at radius 1 is 1.47 bits per heavy atom. The van der Waals surface area contributed by atoms with Crippen LogP contribution in [0, 0.1) is 5.82 Å². The average molecular weight is 207 g/mol. The second kappa shape index (κ2) is 3.52. The van der Waals surface area contributed by atoms with Crippen LogP contribution in [0.5, 0.6) is 0 Å². The van der Waals surface area contributed by atoms with Crippen molar-refractivity contribution in [3.8, 4) is 0 Å². The molecular formula is C8H6FN5O. The Labute approximate surface area is 83.7 Å². The zero-order chi connectivity index (χ0) is 10.8. The molecule has 0 fully saturated rings. The van der Waals surface area contributed by atoms with E-state index in [1.165, 1.54) is 6.07 Å². The number of rotatable bonds is 2. The van der Waals surface area contributed by atoms with Gasteiger partial charge in [-0.15, -0.1) is 10.2 Å². The molecule has 0 aromatic carbocycles. The Morgan fingerprint density at radius 3 is 2.80 bits per heavy atom. The van der Waals surface area contributed by atoms with E-state index < -0.39 is 11.6 Å². The second-order valence-electron chi connectivity index (χ2n) is 2.79. The zero-order valence-corrected chi connectivity index (χ0v) is 7.75. The van der Waals surface area contributed by atoms with Gasteiger partial charge in [-0.2, -0.15) is 4.80 Å². The average Bonchev–Trinajstić information content (AvgIpc) is 2.65. The van der Waals surface area contributed by atoms with Crippen molar-refractivity contribution < 1.29 is 9.18 Å². The van der Waals surface area contributed by atoms with Gasteiger partial charge in [-0.25, -0.2) is 9.37 Å². The number of ketones is 1. The first-order valence-corrected chi connectivity index (χ1v) is 4.07. The van der Waals surface area contributed by atoms with E-state index in [1.54, 1.807) is 7.05 Å². The van der Waals surface area contributed by atoms with Crippen LogP contribution in [0.1, 0.15) is 16.3 Å². The smallest absolute Gasteiger partial charge is 0.252 e. The molecule has 2 heterocycles. The van der Waals surface area contributed by atoms with E-state index in [-0.39, 0.29) is 11.5 Å². The lowest BCUT2D eigenvalue weighted by Gasteiger charge is -1.93. The van der Waals surface area contributed by atoms with Gasteiger partial charge in [0, 0.05) is 0 Å². The fourth-order valence-corrected chi connectivity index (χ4v) is 1.000. The van der Waals surface area contributed by atoms with Gasteiger partial charge in [-0.3, -0.25) is 4.79 Å². The molecule has 15 heavy (non-hydrogen) atoms. The molecule has 0 spiro atoms. The van der Waals surface area contributed by atoms with E-state index >= 15 is 0 Å². The summed E-state index contributed by atoms with van der Waals surface area (Å²) in [4.78, 5) is 16.4. The number of aryl methyl sites for hydroxylation is 1. The van der Waals surface area contributed by atoms with E-state index in [0.29, 0.717) is 0 Å². The topological polar surface area (TPSA) is 73.6 Å². The van der Waals surface area contributed by atoms with Crippen LogP contribution in [0.25, 0.3) is 0 Å². The predicted octanol–water partition coefficient (Wildman–Crippen LogP) is -0.0248. The van der Waals surface area contributed by atoms with E-state index in [0.717, 1.165) is 17.1 Å². The molecule has 0 amide bonds. The van der Waals surface area contributed by atoms with E-state index in [1.807, 2.05) is 0 Å². The van der Waals surface area contributed by atoms with Crippen molar-refractivity contribution >= 4 is 5.78 Å². The number of tetrazole rings is 1. The second-order valence-corrected chi connectivity index (χ2v) is 2.79. The molecule has 0 saturated carbocycles. The first-order chi connectivity index (χ1) is 7.16. The molecule has 2 aromatic rings. The van der Waals surface area contributed by atoms with Crippen molar-refractivity contribution in [2.24, 2.45) is 7.05 Å². The molecule has 0 bridgehead atoms. The Bertz CT molecular complexity index is 492. The number of nitrogens with zero attached hydrogens (tertiary/aromatic N) is 5. The molecule has 0 radical (unpaired) electrons. The van der Waals surface area contributed by atoms with Crippen molar-refractivity contribution in [2.45, 2.75) is 0 Å².